The molecule has 0 saturated heterocycles. The Bertz CT molecular complexity index is 1040. The molecule has 4 nitrogen and oxygen atoms in total. The van der Waals surface area contributed by atoms with Gasteiger partial charge in [-0.05, 0) is 34.2 Å². The number of nitrogens with one attached hydrogen (secondary N) is 1. The Labute approximate surface area is 228 Å². The summed E-state index contributed by atoms with van der Waals surface area (Å²) in [5.41, 5.74) is 6.14. The van der Waals surface area contributed by atoms with Crippen molar-refractivity contribution in [2.24, 2.45) is 5.92 Å². The summed E-state index contributed by atoms with van der Waals surface area (Å²) in [7, 11) is 0. The minimum Gasteiger partial charge on any atom is -0.465 e. The number of fused-ring (bicyclic) bond motifs is 3. The first-order valence-electron chi connectivity index (χ1n) is 13.6. The standard InChI is InChI=1S/C16H14O2.C12H16FNO.C3H8.C2H6/c1-11(17)18-10-16-14-8-4-2-6-12(14)13-7-3-5-9-15(13)16;1-10(12(15)14-8-7-13)9-11-5-3-2-4-6-11;1-3-2;1-2/h2-9,16H,10H2,1H3;2-6,10H,7-9H2,1H3,(H,14,15);3H2,1-2H3;1-2H3/t;10-;;/m.1../s1. The van der Waals surface area contributed by atoms with E-state index in [-0.39, 0.29) is 30.3 Å². The number of ether oxygens (including phenoxy) is 1. The van der Waals surface area contributed by atoms with Crippen molar-refractivity contribution < 1.29 is 18.7 Å². The van der Waals surface area contributed by atoms with E-state index in [1.165, 1.54) is 35.6 Å². The maximum Gasteiger partial charge on any atom is 0.302 e. The van der Waals surface area contributed by atoms with E-state index < -0.39 is 6.67 Å². The number of carbonyl (C=O) groups is 2. The number of benzene rings is 3. The van der Waals surface area contributed by atoms with E-state index in [1.807, 2.05) is 75.4 Å². The van der Waals surface area contributed by atoms with Crippen LogP contribution < -0.4 is 5.32 Å². The molecule has 38 heavy (non-hydrogen) atoms. The number of hydrogen-bond acceptors (Lipinski definition) is 3. The second-order valence-corrected chi connectivity index (χ2v) is 8.81. The van der Waals surface area contributed by atoms with Crippen LogP contribution in [0.3, 0.4) is 0 Å². The van der Waals surface area contributed by atoms with Gasteiger partial charge in [0.1, 0.15) is 13.3 Å². The van der Waals surface area contributed by atoms with E-state index in [0.717, 1.165) is 5.56 Å². The number of esters is 1. The predicted octanol–water partition coefficient (Wildman–Crippen LogP) is 7.76. The molecule has 0 spiro atoms. The molecule has 0 radical (unpaired) electrons. The van der Waals surface area contributed by atoms with Crippen molar-refractivity contribution in [1.82, 2.24) is 5.32 Å². The molecule has 3 aromatic carbocycles. The lowest BCUT2D eigenvalue weighted by atomic mass is 9.98. The van der Waals surface area contributed by atoms with Gasteiger partial charge in [0, 0.05) is 25.3 Å². The smallest absolute Gasteiger partial charge is 0.302 e. The molecule has 0 unspecified atom stereocenters. The number of hydrogen-bond donors (Lipinski definition) is 1. The first kappa shape index (κ1) is 32.6. The molecule has 206 valence electrons. The van der Waals surface area contributed by atoms with Crippen LogP contribution >= 0.6 is 0 Å². The zero-order valence-electron chi connectivity index (χ0n) is 23.8. The van der Waals surface area contributed by atoms with Gasteiger partial charge in [-0.25, -0.2) is 4.39 Å². The van der Waals surface area contributed by atoms with E-state index in [2.05, 4.69) is 43.4 Å². The number of rotatable bonds is 7. The lowest BCUT2D eigenvalue weighted by Gasteiger charge is -2.12. The summed E-state index contributed by atoms with van der Waals surface area (Å²) in [5, 5.41) is 2.54. The molecule has 1 aliphatic rings. The van der Waals surface area contributed by atoms with Gasteiger partial charge < -0.3 is 10.1 Å². The minimum atomic E-state index is -0.510. The van der Waals surface area contributed by atoms with Gasteiger partial charge in [-0.2, -0.15) is 0 Å². The third-order valence-corrected chi connectivity index (χ3v) is 5.64. The van der Waals surface area contributed by atoms with Crippen LogP contribution in [0, 0.1) is 5.92 Å². The zero-order valence-corrected chi connectivity index (χ0v) is 23.8. The first-order valence-corrected chi connectivity index (χ1v) is 13.6. The van der Waals surface area contributed by atoms with Crippen molar-refractivity contribution in [1.29, 1.82) is 0 Å². The average Bonchev–Trinajstić information content (AvgIpc) is 3.26. The summed E-state index contributed by atoms with van der Waals surface area (Å²) in [6.45, 7) is 11.6. The molecular formula is C33H44FNO3. The van der Waals surface area contributed by atoms with E-state index >= 15 is 0 Å². The summed E-state index contributed by atoms with van der Waals surface area (Å²) in [6.07, 6.45) is 1.94. The van der Waals surface area contributed by atoms with Crippen molar-refractivity contribution in [2.75, 3.05) is 19.8 Å². The van der Waals surface area contributed by atoms with Gasteiger partial charge in [0.2, 0.25) is 5.91 Å². The molecule has 4 rings (SSSR count). The molecule has 0 fully saturated rings. The molecule has 0 bridgehead atoms. The van der Waals surface area contributed by atoms with Crippen molar-refractivity contribution in [2.45, 2.75) is 60.3 Å². The van der Waals surface area contributed by atoms with Crippen LogP contribution in [-0.4, -0.2) is 31.7 Å². The maximum atomic E-state index is 11.8. The molecule has 0 heterocycles. The Morgan fingerprint density at radius 3 is 1.82 bits per heavy atom. The van der Waals surface area contributed by atoms with E-state index in [9.17, 15) is 14.0 Å². The quantitative estimate of drug-likeness (QED) is 0.323. The van der Waals surface area contributed by atoms with Gasteiger partial charge in [-0.15, -0.1) is 0 Å². The van der Waals surface area contributed by atoms with Gasteiger partial charge in [0.15, 0.2) is 0 Å². The van der Waals surface area contributed by atoms with Crippen LogP contribution in [0.2, 0.25) is 0 Å². The van der Waals surface area contributed by atoms with Crippen molar-refractivity contribution in [3.8, 4) is 11.1 Å². The van der Waals surface area contributed by atoms with Crippen LogP contribution in [0.4, 0.5) is 4.39 Å². The fourth-order valence-electron chi connectivity index (χ4n) is 4.05. The molecule has 3 aromatic rings. The number of alkyl halides is 1. The lowest BCUT2D eigenvalue weighted by Crippen LogP contribution is -2.31. The Kier molecular flexibility index (Phi) is 16.0. The van der Waals surface area contributed by atoms with Crippen LogP contribution in [0.25, 0.3) is 11.1 Å². The van der Waals surface area contributed by atoms with Crippen molar-refractivity contribution >= 4 is 11.9 Å². The van der Waals surface area contributed by atoms with Gasteiger partial charge in [-0.1, -0.05) is 120 Å². The van der Waals surface area contributed by atoms with E-state index in [1.54, 1.807) is 0 Å². The monoisotopic (exact) mass is 521 g/mol. The normalized spacial score (nSPS) is 11.6. The Hall–Kier alpha value is -3.47. The lowest BCUT2D eigenvalue weighted by molar-refractivity contribution is -0.141. The predicted molar refractivity (Wildman–Crippen MR) is 156 cm³/mol. The van der Waals surface area contributed by atoms with Crippen LogP contribution in [0.1, 0.15) is 70.6 Å². The third-order valence-electron chi connectivity index (χ3n) is 5.64. The summed E-state index contributed by atoms with van der Waals surface area (Å²) < 4.78 is 17.0. The Morgan fingerprint density at radius 2 is 1.34 bits per heavy atom. The zero-order chi connectivity index (χ0) is 28.3. The highest BCUT2D eigenvalue weighted by atomic mass is 19.1. The second kappa shape index (κ2) is 18.7. The fourth-order valence-corrected chi connectivity index (χ4v) is 4.05. The molecule has 0 aromatic heterocycles. The minimum absolute atomic E-state index is 0.0866. The van der Waals surface area contributed by atoms with E-state index in [4.69, 9.17) is 4.74 Å². The third kappa shape index (κ3) is 10.5. The number of halogens is 1. The van der Waals surface area contributed by atoms with Crippen molar-refractivity contribution in [3.05, 3.63) is 95.6 Å². The summed E-state index contributed by atoms with van der Waals surface area (Å²) in [5.74, 6) is -0.256. The highest BCUT2D eigenvalue weighted by Crippen LogP contribution is 2.44. The molecule has 1 N–H and O–H groups in total. The second-order valence-electron chi connectivity index (χ2n) is 8.81. The Morgan fingerprint density at radius 1 is 0.868 bits per heavy atom. The highest BCUT2D eigenvalue weighted by Gasteiger charge is 2.28. The van der Waals surface area contributed by atoms with Crippen molar-refractivity contribution in [3.63, 3.8) is 0 Å². The number of carbonyl (C=O) groups excluding carboxylic acids is 2. The molecule has 1 amide bonds. The molecular weight excluding hydrogens is 477 g/mol. The fraction of sp³-hybridized carbons (Fsp3) is 0.394. The molecule has 5 heteroatoms. The van der Waals surface area contributed by atoms with Gasteiger partial charge >= 0.3 is 5.97 Å². The SMILES string of the molecule is CC.CC(=O)OCC1c2ccccc2-c2ccccc21.CCC.C[C@H](Cc1ccccc1)C(=O)NCCF. The molecule has 1 aliphatic carbocycles. The molecule has 0 saturated carbocycles. The maximum absolute atomic E-state index is 11.8. The highest BCUT2D eigenvalue weighted by molar-refractivity contribution is 5.79. The summed E-state index contributed by atoms with van der Waals surface area (Å²) in [4.78, 5) is 22.4. The topological polar surface area (TPSA) is 55.4 Å². The number of amides is 1. The van der Waals surface area contributed by atoms with Gasteiger partial charge in [0.25, 0.3) is 0 Å². The first-order chi connectivity index (χ1) is 18.4. The van der Waals surface area contributed by atoms with E-state index in [0.29, 0.717) is 13.0 Å². The summed E-state index contributed by atoms with van der Waals surface area (Å²) >= 11 is 0. The average molecular weight is 522 g/mol. The molecule has 0 aliphatic heterocycles. The van der Waals surface area contributed by atoms with Gasteiger partial charge in [-0.3, -0.25) is 9.59 Å². The van der Waals surface area contributed by atoms with Gasteiger partial charge in [0.05, 0.1) is 0 Å². The van der Waals surface area contributed by atoms with Crippen LogP contribution in [-0.2, 0) is 20.7 Å². The Balaban J connectivity index is 0.000000330. The van der Waals surface area contributed by atoms with Crippen LogP contribution in [0.15, 0.2) is 78.9 Å². The summed E-state index contributed by atoms with van der Waals surface area (Å²) in [6, 6.07) is 26.4. The largest absolute Gasteiger partial charge is 0.465 e. The molecule has 1 atom stereocenters. The van der Waals surface area contributed by atoms with Crippen LogP contribution in [0.5, 0.6) is 0 Å².